The third-order valence-electron chi connectivity index (χ3n) is 5.17. The van der Waals surface area contributed by atoms with Gasteiger partial charge in [-0.05, 0) is 44.4 Å². The molecule has 1 aliphatic rings. The van der Waals surface area contributed by atoms with Gasteiger partial charge < -0.3 is 15.4 Å². The Morgan fingerprint density at radius 2 is 1.92 bits per heavy atom. The van der Waals surface area contributed by atoms with Crippen LogP contribution in [0, 0.1) is 13.8 Å². The van der Waals surface area contributed by atoms with Crippen LogP contribution < -0.4 is 15.4 Å². The van der Waals surface area contributed by atoms with E-state index in [9.17, 15) is 0 Å². The number of aromatic nitrogens is 2. The average molecular weight is 340 g/mol. The number of rotatable bonds is 5. The number of benzene rings is 1. The predicted molar refractivity (Wildman–Crippen MR) is 102 cm³/mol. The molecule has 3 rings (SSSR count). The maximum atomic E-state index is 6.13. The van der Waals surface area contributed by atoms with Crippen LogP contribution in [0.4, 0.5) is 11.8 Å². The van der Waals surface area contributed by atoms with E-state index in [1.807, 2.05) is 26.0 Å². The molecule has 1 saturated carbocycles. The number of ether oxygens (including phenoxy) is 1. The van der Waals surface area contributed by atoms with E-state index in [-0.39, 0.29) is 0 Å². The standard InChI is InChI=1S/C20H28N4O/c1-14-15(2)22-20(23-19(14)21)24(17-9-5-4-6-10-17)13-16-8-7-11-18(12-16)25-3/h7-8,11-12,17H,4-6,9-10,13H2,1-3H3,(H2,21,22,23). The number of hydrogen-bond donors (Lipinski definition) is 1. The third-order valence-corrected chi connectivity index (χ3v) is 5.17. The summed E-state index contributed by atoms with van der Waals surface area (Å²) in [6.07, 6.45) is 6.21. The quantitative estimate of drug-likeness (QED) is 0.890. The summed E-state index contributed by atoms with van der Waals surface area (Å²) in [7, 11) is 1.70. The lowest BCUT2D eigenvalue weighted by Crippen LogP contribution is -2.38. The molecule has 2 aromatic rings. The number of nitrogens with zero attached hydrogens (tertiary/aromatic N) is 3. The molecule has 25 heavy (non-hydrogen) atoms. The highest BCUT2D eigenvalue weighted by molar-refractivity contribution is 5.48. The van der Waals surface area contributed by atoms with Crippen LogP contribution in [0.3, 0.4) is 0 Å². The smallest absolute Gasteiger partial charge is 0.228 e. The topological polar surface area (TPSA) is 64.3 Å². The Morgan fingerprint density at radius 3 is 2.60 bits per heavy atom. The average Bonchev–Trinajstić information content (AvgIpc) is 2.64. The number of anilines is 2. The number of nitrogen functional groups attached to an aromatic ring is 1. The van der Waals surface area contributed by atoms with Crippen molar-refractivity contribution in [1.29, 1.82) is 0 Å². The van der Waals surface area contributed by atoms with Crippen molar-refractivity contribution in [2.45, 2.75) is 58.5 Å². The Hall–Kier alpha value is -2.30. The number of methoxy groups -OCH3 is 1. The molecule has 1 aliphatic carbocycles. The van der Waals surface area contributed by atoms with E-state index in [4.69, 9.17) is 15.5 Å². The van der Waals surface area contributed by atoms with E-state index in [0.717, 1.165) is 29.5 Å². The first-order valence-corrected chi connectivity index (χ1v) is 9.08. The molecule has 0 aliphatic heterocycles. The van der Waals surface area contributed by atoms with Crippen LogP contribution in [-0.4, -0.2) is 23.1 Å². The molecule has 1 heterocycles. The molecule has 5 heteroatoms. The minimum Gasteiger partial charge on any atom is -0.497 e. The van der Waals surface area contributed by atoms with E-state index < -0.39 is 0 Å². The van der Waals surface area contributed by atoms with Crippen LogP contribution in [0.15, 0.2) is 24.3 Å². The van der Waals surface area contributed by atoms with E-state index in [2.05, 4.69) is 22.0 Å². The van der Waals surface area contributed by atoms with Gasteiger partial charge in [-0.3, -0.25) is 0 Å². The van der Waals surface area contributed by atoms with Crippen molar-refractivity contribution in [2.75, 3.05) is 17.7 Å². The van der Waals surface area contributed by atoms with Crippen LogP contribution >= 0.6 is 0 Å². The molecule has 0 unspecified atom stereocenters. The molecule has 0 amide bonds. The van der Waals surface area contributed by atoms with E-state index in [1.165, 1.54) is 37.7 Å². The normalized spacial score (nSPS) is 15.2. The summed E-state index contributed by atoms with van der Waals surface area (Å²) in [5, 5.41) is 0. The highest BCUT2D eigenvalue weighted by atomic mass is 16.5. The molecular weight excluding hydrogens is 312 g/mol. The van der Waals surface area contributed by atoms with Crippen molar-refractivity contribution in [3.63, 3.8) is 0 Å². The molecule has 0 spiro atoms. The Balaban J connectivity index is 1.94. The van der Waals surface area contributed by atoms with Gasteiger partial charge in [0.2, 0.25) is 5.95 Å². The zero-order valence-electron chi connectivity index (χ0n) is 15.5. The lowest BCUT2D eigenvalue weighted by atomic mass is 9.94. The summed E-state index contributed by atoms with van der Waals surface area (Å²) in [6, 6.07) is 8.67. The first-order chi connectivity index (χ1) is 12.1. The minimum absolute atomic E-state index is 0.460. The molecular formula is C20H28N4O. The fraction of sp³-hybridized carbons (Fsp3) is 0.500. The lowest BCUT2D eigenvalue weighted by molar-refractivity contribution is 0.405. The van der Waals surface area contributed by atoms with Crippen molar-refractivity contribution in [3.8, 4) is 5.75 Å². The first-order valence-electron chi connectivity index (χ1n) is 9.08. The largest absolute Gasteiger partial charge is 0.497 e. The summed E-state index contributed by atoms with van der Waals surface area (Å²) < 4.78 is 5.37. The van der Waals surface area contributed by atoms with Gasteiger partial charge in [0.1, 0.15) is 11.6 Å². The molecule has 5 nitrogen and oxygen atoms in total. The highest BCUT2D eigenvalue weighted by Gasteiger charge is 2.24. The molecule has 1 aromatic heterocycles. The third kappa shape index (κ3) is 4.03. The molecule has 0 radical (unpaired) electrons. The molecule has 2 N–H and O–H groups in total. The fourth-order valence-electron chi connectivity index (χ4n) is 3.49. The van der Waals surface area contributed by atoms with Gasteiger partial charge >= 0.3 is 0 Å². The first kappa shape index (κ1) is 17.5. The molecule has 0 saturated heterocycles. The second kappa shape index (κ2) is 7.72. The molecule has 1 aromatic carbocycles. The van der Waals surface area contributed by atoms with Gasteiger partial charge in [-0.25, -0.2) is 4.98 Å². The van der Waals surface area contributed by atoms with Gasteiger partial charge in [0.25, 0.3) is 0 Å². The Bertz CT molecular complexity index is 702. The summed E-state index contributed by atoms with van der Waals surface area (Å²) in [5.74, 6) is 2.20. The second-order valence-electron chi connectivity index (χ2n) is 6.89. The molecule has 1 fully saturated rings. The van der Waals surface area contributed by atoms with Crippen molar-refractivity contribution < 1.29 is 4.74 Å². The maximum Gasteiger partial charge on any atom is 0.228 e. The Labute approximate surface area is 150 Å². The monoisotopic (exact) mass is 340 g/mol. The number of aryl methyl sites for hydroxylation is 1. The minimum atomic E-state index is 0.460. The van der Waals surface area contributed by atoms with Crippen LogP contribution in [-0.2, 0) is 6.54 Å². The van der Waals surface area contributed by atoms with Crippen LogP contribution in [0.25, 0.3) is 0 Å². The summed E-state index contributed by atoms with van der Waals surface area (Å²) in [4.78, 5) is 11.7. The van der Waals surface area contributed by atoms with Crippen molar-refractivity contribution >= 4 is 11.8 Å². The van der Waals surface area contributed by atoms with Crippen molar-refractivity contribution in [1.82, 2.24) is 9.97 Å². The maximum absolute atomic E-state index is 6.13. The predicted octanol–water partition coefficient (Wildman–Crippen LogP) is 4.02. The molecule has 0 bridgehead atoms. The van der Waals surface area contributed by atoms with Gasteiger partial charge in [0.05, 0.1) is 7.11 Å². The van der Waals surface area contributed by atoms with Gasteiger partial charge in [-0.15, -0.1) is 0 Å². The summed E-state index contributed by atoms with van der Waals surface area (Å²) in [6.45, 7) is 4.74. The second-order valence-corrected chi connectivity index (χ2v) is 6.89. The van der Waals surface area contributed by atoms with Gasteiger partial charge in [-0.1, -0.05) is 31.4 Å². The van der Waals surface area contributed by atoms with E-state index >= 15 is 0 Å². The molecule has 134 valence electrons. The van der Waals surface area contributed by atoms with Gasteiger partial charge in [0.15, 0.2) is 0 Å². The SMILES string of the molecule is COc1cccc(CN(c2nc(C)c(C)c(N)n2)C2CCCCC2)c1. The van der Waals surface area contributed by atoms with E-state index in [0.29, 0.717) is 11.9 Å². The Kier molecular flexibility index (Phi) is 5.41. The fourth-order valence-corrected chi connectivity index (χ4v) is 3.49. The van der Waals surface area contributed by atoms with Gasteiger partial charge in [0, 0.05) is 23.8 Å². The van der Waals surface area contributed by atoms with E-state index in [1.54, 1.807) is 7.11 Å². The van der Waals surface area contributed by atoms with Crippen molar-refractivity contribution in [2.24, 2.45) is 0 Å². The lowest BCUT2D eigenvalue weighted by Gasteiger charge is -2.35. The zero-order valence-corrected chi connectivity index (χ0v) is 15.5. The summed E-state index contributed by atoms with van der Waals surface area (Å²) >= 11 is 0. The Morgan fingerprint density at radius 1 is 1.16 bits per heavy atom. The van der Waals surface area contributed by atoms with Crippen LogP contribution in [0.2, 0.25) is 0 Å². The van der Waals surface area contributed by atoms with Crippen LogP contribution in [0.5, 0.6) is 5.75 Å². The number of nitrogens with two attached hydrogens (primary N) is 1. The number of hydrogen-bond acceptors (Lipinski definition) is 5. The molecule has 0 atom stereocenters. The summed E-state index contributed by atoms with van der Waals surface area (Å²) in [5.41, 5.74) is 9.25. The van der Waals surface area contributed by atoms with Crippen LogP contribution in [0.1, 0.15) is 48.9 Å². The highest BCUT2D eigenvalue weighted by Crippen LogP contribution is 2.29. The van der Waals surface area contributed by atoms with Gasteiger partial charge in [-0.2, -0.15) is 4.98 Å². The zero-order chi connectivity index (χ0) is 17.8. The van der Waals surface area contributed by atoms with Crippen molar-refractivity contribution in [3.05, 3.63) is 41.1 Å².